The lowest BCUT2D eigenvalue weighted by Crippen LogP contribution is -2.49. The molecule has 0 saturated carbocycles. The Morgan fingerprint density at radius 1 is 1.04 bits per heavy atom. The molecule has 2 amide bonds. The van der Waals surface area contributed by atoms with Gasteiger partial charge in [-0.05, 0) is 29.2 Å². The summed E-state index contributed by atoms with van der Waals surface area (Å²) >= 11 is 0. The summed E-state index contributed by atoms with van der Waals surface area (Å²) in [5.74, 6) is 0. The van der Waals surface area contributed by atoms with Crippen LogP contribution in [0.15, 0.2) is 66.7 Å². The molecule has 124 valence electrons. The van der Waals surface area contributed by atoms with E-state index in [1.165, 1.54) is 11.1 Å². The third-order valence-electron chi connectivity index (χ3n) is 4.79. The van der Waals surface area contributed by atoms with Gasteiger partial charge in [-0.25, -0.2) is 4.79 Å². The number of carbonyl (C=O) groups is 1. The normalized spacial score (nSPS) is 20.0. The van der Waals surface area contributed by atoms with E-state index in [9.17, 15) is 4.79 Å². The zero-order valence-corrected chi connectivity index (χ0v) is 14.6. The minimum atomic E-state index is -0.395. The third-order valence-corrected chi connectivity index (χ3v) is 4.79. The zero-order chi connectivity index (χ0) is 17.2. The number of amides is 2. The Balaban J connectivity index is 2.12. The van der Waals surface area contributed by atoms with Gasteiger partial charge in [0.25, 0.3) is 0 Å². The van der Waals surface area contributed by atoms with Gasteiger partial charge in [-0.15, -0.1) is 0 Å². The van der Waals surface area contributed by atoms with E-state index in [-0.39, 0.29) is 6.03 Å². The van der Waals surface area contributed by atoms with Crippen molar-refractivity contribution in [2.45, 2.75) is 18.9 Å². The van der Waals surface area contributed by atoms with Gasteiger partial charge in [0.1, 0.15) is 0 Å². The van der Waals surface area contributed by atoms with Crippen molar-refractivity contribution in [2.24, 2.45) is 0 Å². The van der Waals surface area contributed by atoms with E-state index in [0.29, 0.717) is 6.54 Å². The third kappa shape index (κ3) is 2.71. The Kier molecular flexibility index (Phi) is 4.43. The highest BCUT2D eigenvalue weighted by atomic mass is 16.2. The lowest BCUT2D eigenvalue weighted by Gasteiger charge is -2.39. The van der Waals surface area contributed by atoms with Crippen molar-refractivity contribution in [3.63, 3.8) is 0 Å². The van der Waals surface area contributed by atoms with Crippen molar-refractivity contribution in [1.29, 1.82) is 0 Å². The SMILES string of the molecule is CCC1(c2ccccc2)C=C(c2ccccc2)CN1C(=O)N(C)C. The van der Waals surface area contributed by atoms with Crippen molar-refractivity contribution in [2.75, 3.05) is 20.6 Å². The van der Waals surface area contributed by atoms with Gasteiger partial charge in [0.05, 0.1) is 5.54 Å². The second-order valence-corrected chi connectivity index (χ2v) is 6.44. The van der Waals surface area contributed by atoms with Gasteiger partial charge >= 0.3 is 6.03 Å². The molecular formula is C21H24N2O. The molecule has 1 unspecified atom stereocenters. The van der Waals surface area contributed by atoms with Gasteiger partial charge in [0, 0.05) is 20.6 Å². The minimum absolute atomic E-state index is 0.0443. The molecule has 3 rings (SSSR count). The van der Waals surface area contributed by atoms with Crippen molar-refractivity contribution in [1.82, 2.24) is 9.80 Å². The predicted octanol–water partition coefficient (Wildman–Crippen LogP) is 4.37. The van der Waals surface area contributed by atoms with Crippen molar-refractivity contribution >= 4 is 11.6 Å². The molecule has 2 aromatic rings. The maximum absolute atomic E-state index is 12.9. The summed E-state index contributed by atoms with van der Waals surface area (Å²) in [5.41, 5.74) is 3.15. The molecule has 0 spiro atoms. The molecule has 0 aromatic heterocycles. The molecule has 1 heterocycles. The molecule has 1 atom stereocenters. The second kappa shape index (κ2) is 6.52. The van der Waals surface area contributed by atoms with E-state index in [4.69, 9.17) is 0 Å². The molecule has 0 aliphatic carbocycles. The Morgan fingerprint density at radius 3 is 2.17 bits per heavy atom. The highest BCUT2D eigenvalue weighted by molar-refractivity contribution is 5.83. The largest absolute Gasteiger partial charge is 0.331 e. The van der Waals surface area contributed by atoms with Gasteiger partial charge in [0.2, 0.25) is 0 Å². The van der Waals surface area contributed by atoms with Crippen LogP contribution in [0.3, 0.4) is 0 Å². The molecule has 24 heavy (non-hydrogen) atoms. The Bertz CT molecular complexity index is 737. The number of hydrogen-bond donors (Lipinski definition) is 0. The molecule has 2 aromatic carbocycles. The Labute approximate surface area is 144 Å². The molecule has 0 bridgehead atoms. The fourth-order valence-electron chi connectivity index (χ4n) is 3.49. The van der Waals surface area contributed by atoms with Crippen molar-refractivity contribution < 1.29 is 4.79 Å². The first kappa shape index (κ1) is 16.3. The standard InChI is InChI=1S/C21H24N2O/c1-4-21(19-13-9-6-10-14-19)15-18(17-11-7-5-8-12-17)16-23(21)20(24)22(2)3/h5-15H,4,16H2,1-3H3. The molecule has 3 nitrogen and oxygen atoms in total. The fraction of sp³-hybridized carbons (Fsp3) is 0.286. The Morgan fingerprint density at radius 2 is 1.62 bits per heavy atom. The molecule has 1 aliphatic rings. The highest BCUT2D eigenvalue weighted by Crippen LogP contribution is 2.42. The maximum atomic E-state index is 12.9. The zero-order valence-electron chi connectivity index (χ0n) is 14.6. The van der Waals surface area contributed by atoms with E-state index in [1.807, 2.05) is 55.4 Å². The molecule has 0 N–H and O–H groups in total. The average Bonchev–Trinajstić information content (AvgIpc) is 3.03. The van der Waals surface area contributed by atoms with Crippen molar-refractivity contribution in [3.8, 4) is 0 Å². The Hall–Kier alpha value is -2.55. The highest BCUT2D eigenvalue weighted by Gasteiger charge is 2.43. The number of benzene rings is 2. The van der Waals surface area contributed by atoms with Crippen LogP contribution in [-0.4, -0.2) is 36.5 Å². The first-order chi connectivity index (χ1) is 11.6. The van der Waals surface area contributed by atoms with Crippen LogP contribution in [0.4, 0.5) is 4.79 Å². The minimum Gasteiger partial charge on any atom is -0.331 e. The van der Waals surface area contributed by atoms with Gasteiger partial charge in [-0.2, -0.15) is 0 Å². The second-order valence-electron chi connectivity index (χ2n) is 6.44. The van der Waals surface area contributed by atoms with Crippen LogP contribution in [0.2, 0.25) is 0 Å². The summed E-state index contributed by atoms with van der Waals surface area (Å²) < 4.78 is 0. The molecule has 0 saturated heterocycles. The van der Waals surface area contributed by atoms with Crippen LogP contribution in [0.1, 0.15) is 24.5 Å². The molecule has 0 fully saturated rings. The van der Waals surface area contributed by atoms with Gasteiger partial charge in [-0.1, -0.05) is 67.6 Å². The monoisotopic (exact) mass is 320 g/mol. The van der Waals surface area contributed by atoms with Gasteiger partial charge in [0.15, 0.2) is 0 Å². The van der Waals surface area contributed by atoms with Crippen LogP contribution < -0.4 is 0 Å². The van der Waals surface area contributed by atoms with Crippen LogP contribution in [0, 0.1) is 0 Å². The van der Waals surface area contributed by atoms with Crippen LogP contribution in [-0.2, 0) is 5.54 Å². The van der Waals surface area contributed by atoms with Crippen LogP contribution in [0.5, 0.6) is 0 Å². The van der Waals surface area contributed by atoms with Crippen LogP contribution in [0.25, 0.3) is 5.57 Å². The predicted molar refractivity (Wildman–Crippen MR) is 98.6 cm³/mol. The summed E-state index contributed by atoms with van der Waals surface area (Å²) in [4.78, 5) is 16.5. The van der Waals surface area contributed by atoms with Crippen LogP contribution >= 0.6 is 0 Å². The van der Waals surface area contributed by atoms with Gasteiger partial charge < -0.3 is 9.80 Å². The van der Waals surface area contributed by atoms with E-state index < -0.39 is 5.54 Å². The first-order valence-corrected chi connectivity index (χ1v) is 8.40. The summed E-state index contributed by atoms with van der Waals surface area (Å²) in [6.45, 7) is 2.77. The number of urea groups is 1. The lowest BCUT2D eigenvalue weighted by molar-refractivity contribution is 0.134. The maximum Gasteiger partial charge on any atom is 0.320 e. The molecule has 3 heteroatoms. The summed E-state index contributed by atoms with van der Waals surface area (Å²) in [6, 6.07) is 20.7. The summed E-state index contributed by atoms with van der Waals surface area (Å²) in [7, 11) is 3.63. The van der Waals surface area contributed by atoms with Gasteiger partial charge in [-0.3, -0.25) is 0 Å². The number of nitrogens with zero attached hydrogens (tertiary/aromatic N) is 2. The molecule has 0 radical (unpaired) electrons. The van der Waals surface area contributed by atoms with E-state index >= 15 is 0 Å². The fourth-order valence-corrected chi connectivity index (χ4v) is 3.49. The number of hydrogen-bond acceptors (Lipinski definition) is 1. The van der Waals surface area contributed by atoms with E-state index in [1.54, 1.807) is 4.90 Å². The first-order valence-electron chi connectivity index (χ1n) is 8.40. The summed E-state index contributed by atoms with van der Waals surface area (Å²) in [5, 5.41) is 0. The summed E-state index contributed by atoms with van der Waals surface area (Å²) in [6.07, 6.45) is 3.12. The lowest BCUT2D eigenvalue weighted by atomic mass is 9.86. The van der Waals surface area contributed by atoms with E-state index in [0.717, 1.165) is 12.0 Å². The van der Waals surface area contributed by atoms with E-state index in [2.05, 4.69) is 37.3 Å². The number of rotatable bonds is 3. The molecular weight excluding hydrogens is 296 g/mol. The quantitative estimate of drug-likeness (QED) is 0.823. The number of carbonyl (C=O) groups excluding carboxylic acids is 1. The molecule has 1 aliphatic heterocycles. The topological polar surface area (TPSA) is 23.6 Å². The average molecular weight is 320 g/mol. The van der Waals surface area contributed by atoms with Crippen molar-refractivity contribution in [3.05, 3.63) is 77.9 Å². The smallest absolute Gasteiger partial charge is 0.320 e.